The lowest BCUT2D eigenvalue weighted by atomic mass is 10.4. The normalized spacial score (nSPS) is 15.8. The SMILES string of the molecule is CCn1nc(C)c2nc(N)n(CCN(C)C3CC3)c21. The van der Waals surface area contributed by atoms with Crippen molar-refractivity contribution in [3.8, 4) is 0 Å². The summed E-state index contributed by atoms with van der Waals surface area (Å²) in [5.41, 5.74) is 9.01. The number of hydrogen-bond donors (Lipinski definition) is 1. The topological polar surface area (TPSA) is 64.9 Å². The maximum atomic E-state index is 6.06. The molecule has 0 radical (unpaired) electrons. The third-order valence-corrected chi connectivity index (χ3v) is 3.97. The van der Waals surface area contributed by atoms with Gasteiger partial charge in [-0.25, -0.2) is 9.67 Å². The average Bonchev–Trinajstić information content (AvgIpc) is 3.12. The van der Waals surface area contributed by atoms with E-state index in [1.54, 1.807) is 0 Å². The van der Waals surface area contributed by atoms with Crippen LogP contribution in [0.25, 0.3) is 11.2 Å². The molecule has 104 valence electrons. The van der Waals surface area contributed by atoms with E-state index in [9.17, 15) is 0 Å². The van der Waals surface area contributed by atoms with Crippen molar-refractivity contribution < 1.29 is 0 Å². The lowest BCUT2D eigenvalue weighted by molar-refractivity contribution is 0.310. The third kappa shape index (κ3) is 2.10. The van der Waals surface area contributed by atoms with Crippen LogP contribution in [-0.4, -0.2) is 43.9 Å². The van der Waals surface area contributed by atoms with Crippen LogP contribution in [0, 0.1) is 6.92 Å². The van der Waals surface area contributed by atoms with Crippen LogP contribution < -0.4 is 5.73 Å². The molecule has 0 saturated heterocycles. The number of aromatic nitrogens is 4. The van der Waals surface area contributed by atoms with E-state index in [-0.39, 0.29) is 0 Å². The molecule has 1 saturated carbocycles. The largest absolute Gasteiger partial charge is 0.369 e. The van der Waals surface area contributed by atoms with Crippen LogP contribution in [0.3, 0.4) is 0 Å². The van der Waals surface area contributed by atoms with Gasteiger partial charge in [-0.3, -0.25) is 4.57 Å². The highest BCUT2D eigenvalue weighted by atomic mass is 15.4. The zero-order valence-electron chi connectivity index (χ0n) is 11.9. The molecule has 0 aromatic carbocycles. The van der Waals surface area contributed by atoms with Gasteiger partial charge in [0.1, 0.15) is 5.52 Å². The first-order chi connectivity index (χ1) is 9.11. The molecule has 6 nitrogen and oxygen atoms in total. The molecule has 2 aromatic rings. The van der Waals surface area contributed by atoms with E-state index in [0.29, 0.717) is 5.95 Å². The summed E-state index contributed by atoms with van der Waals surface area (Å²) in [6.45, 7) is 6.81. The highest BCUT2D eigenvalue weighted by Crippen LogP contribution is 2.26. The van der Waals surface area contributed by atoms with Gasteiger partial charge in [-0.1, -0.05) is 0 Å². The molecule has 0 spiro atoms. The minimum absolute atomic E-state index is 0.599. The predicted octanol–water partition coefficient (Wildman–Crippen LogP) is 1.24. The molecular formula is C13H22N6. The summed E-state index contributed by atoms with van der Waals surface area (Å²) < 4.78 is 4.09. The quantitative estimate of drug-likeness (QED) is 0.880. The Balaban J connectivity index is 1.90. The Labute approximate surface area is 113 Å². The van der Waals surface area contributed by atoms with Crippen molar-refractivity contribution in [1.82, 2.24) is 24.2 Å². The number of imidazole rings is 1. The van der Waals surface area contributed by atoms with E-state index in [1.807, 2.05) is 11.6 Å². The van der Waals surface area contributed by atoms with Crippen molar-refractivity contribution in [3.63, 3.8) is 0 Å². The zero-order valence-corrected chi connectivity index (χ0v) is 11.9. The van der Waals surface area contributed by atoms with Gasteiger partial charge in [0.25, 0.3) is 0 Å². The molecule has 2 aromatic heterocycles. The predicted molar refractivity (Wildman–Crippen MR) is 76.0 cm³/mol. The van der Waals surface area contributed by atoms with Gasteiger partial charge in [0.2, 0.25) is 5.95 Å². The van der Waals surface area contributed by atoms with Crippen molar-refractivity contribution >= 4 is 17.1 Å². The average molecular weight is 262 g/mol. The number of rotatable bonds is 5. The Bertz CT molecular complexity index is 592. The van der Waals surface area contributed by atoms with Crippen molar-refractivity contribution in [2.24, 2.45) is 0 Å². The van der Waals surface area contributed by atoms with Crippen LogP contribution in [0.15, 0.2) is 0 Å². The van der Waals surface area contributed by atoms with Crippen molar-refractivity contribution in [1.29, 1.82) is 0 Å². The summed E-state index contributed by atoms with van der Waals surface area (Å²) in [4.78, 5) is 6.87. The zero-order chi connectivity index (χ0) is 13.6. The van der Waals surface area contributed by atoms with Crippen molar-refractivity contribution in [2.75, 3.05) is 19.3 Å². The number of nitrogen functional groups attached to an aromatic ring is 1. The molecule has 3 rings (SSSR count). The summed E-state index contributed by atoms with van der Waals surface area (Å²) in [6, 6.07) is 0.776. The first-order valence-electron chi connectivity index (χ1n) is 7.01. The Morgan fingerprint density at radius 1 is 1.42 bits per heavy atom. The van der Waals surface area contributed by atoms with Crippen LogP contribution in [0.2, 0.25) is 0 Å². The van der Waals surface area contributed by atoms with E-state index in [2.05, 4.69) is 33.5 Å². The maximum absolute atomic E-state index is 6.06. The molecule has 1 fully saturated rings. The molecule has 6 heteroatoms. The molecule has 0 bridgehead atoms. The second-order valence-electron chi connectivity index (χ2n) is 5.41. The fraction of sp³-hybridized carbons (Fsp3) is 0.692. The minimum atomic E-state index is 0.599. The molecule has 0 amide bonds. The number of fused-ring (bicyclic) bond motifs is 1. The van der Waals surface area contributed by atoms with Gasteiger partial charge in [0.05, 0.1) is 5.69 Å². The lowest BCUT2D eigenvalue weighted by Crippen LogP contribution is -2.26. The molecule has 2 heterocycles. The Morgan fingerprint density at radius 2 is 2.16 bits per heavy atom. The molecular weight excluding hydrogens is 240 g/mol. The molecule has 2 N–H and O–H groups in total. The monoisotopic (exact) mass is 262 g/mol. The van der Waals surface area contributed by atoms with E-state index < -0.39 is 0 Å². The van der Waals surface area contributed by atoms with Gasteiger partial charge in [-0.15, -0.1) is 0 Å². The summed E-state index contributed by atoms with van der Waals surface area (Å²) in [7, 11) is 2.18. The van der Waals surface area contributed by atoms with Crippen LogP contribution in [0.5, 0.6) is 0 Å². The van der Waals surface area contributed by atoms with Gasteiger partial charge < -0.3 is 10.6 Å². The maximum Gasteiger partial charge on any atom is 0.202 e. The van der Waals surface area contributed by atoms with E-state index in [4.69, 9.17) is 5.73 Å². The molecule has 1 aliphatic carbocycles. The van der Waals surface area contributed by atoms with Crippen LogP contribution in [0.4, 0.5) is 5.95 Å². The number of aryl methyl sites for hydroxylation is 2. The summed E-state index contributed by atoms with van der Waals surface area (Å²) in [5.74, 6) is 0.599. The number of likely N-dealkylation sites (N-methyl/N-ethyl adjacent to an activating group) is 1. The van der Waals surface area contributed by atoms with Crippen molar-refractivity contribution in [3.05, 3.63) is 5.69 Å². The molecule has 0 unspecified atom stereocenters. The first-order valence-corrected chi connectivity index (χ1v) is 7.01. The van der Waals surface area contributed by atoms with Crippen molar-refractivity contribution in [2.45, 2.75) is 45.8 Å². The smallest absolute Gasteiger partial charge is 0.202 e. The Hall–Kier alpha value is -1.56. The standard InChI is InChI=1S/C13H22N6/c1-4-19-12-11(9(2)16-19)15-13(14)18(12)8-7-17(3)10-5-6-10/h10H,4-8H2,1-3H3,(H2,14,15). The number of anilines is 1. The van der Waals surface area contributed by atoms with Gasteiger partial charge in [-0.05, 0) is 33.7 Å². The molecule has 1 aliphatic rings. The molecule has 19 heavy (non-hydrogen) atoms. The Morgan fingerprint density at radius 3 is 2.79 bits per heavy atom. The van der Waals surface area contributed by atoms with Crippen LogP contribution >= 0.6 is 0 Å². The second-order valence-corrected chi connectivity index (χ2v) is 5.41. The molecule has 0 aliphatic heterocycles. The number of hydrogen-bond acceptors (Lipinski definition) is 4. The first kappa shape index (κ1) is 12.5. The summed E-state index contributed by atoms with van der Waals surface area (Å²) >= 11 is 0. The van der Waals surface area contributed by atoms with E-state index >= 15 is 0 Å². The number of nitrogens with two attached hydrogens (primary N) is 1. The summed E-state index contributed by atoms with van der Waals surface area (Å²) in [6.07, 6.45) is 2.66. The fourth-order valence-corrected chi connectivity index (χ4v) is 2.64. The van der Waals surface area contributed by atoms with E-state index in [1.165, 1.54) is 12.8 Å². The summed E-state index contributed by atoms with van der Waals surface area (Å²) in [5, 5.41) is 4.51. The van der Waals surface area contributed by atoms with Gasteiger partial charge in [-0.2, -0.15) is 5.10 Å². The highest BCUT2D eigenvalue weighted by Gasteiger charge is 2.26. The fourth-order valence-electron chi connectivity index (χ4n) is 2.64. The van der Waals surface area contributed by atoms with Gasteiger partial charge in [0.15, 0.2) is 5.65 Å². The van der Waals surface area contributed by atoms with E-state index in [0.717, 1.165) is 42.5 Å². The lowest BCUT2D eigenvalue weighted by Gasteiger charge is -2.16. The van der Waals surface area contributed by atoms with Crippen LogP contribution in [-0.2, 0) is 13.1 Å². The van der Waals surface area contributed by atoms with Gasteiger partial charge in [0, 0.05) is 25.7 Å². The molecule has 0 atom stereocenters. The van der Waals surface area contributed by atoms with Crippen LogP contribution in [0.1, 0.15) is 25.5 Å². The third-order valence-electron chi connectivity index (χ3n) is 3.97. The second kappa shape index (κ2) is 4.52. The number of nitrogens with zero attached hydrogens (tertiary/aromatic N) is 5. The minimum Gasteiger partial charge on any atom is -0.369 e. The highest BCUT2D eigenvalue weighted by molar-refractivity contribution is 5.77. The Kier molecular flexibility index (Phi) is 2.97. The van der Waals surface area contributed by atoms with Gasteiger partial charge >= 0.3 is 0 Å².